The zero-order valence-electron chi connectivity index (χ0n) is 8.98. The maximum atomic E-state index is 11.7. The Bertz CT molecular complexity index is 336. The number of amides is 1. The molecule has 1 saturated heterocycles. The molecule has 1 fully saturated rings. The van der Waals surface area contributed by atoms with Crippen LogP contribution in [0.3, 0.4) is 0 Å². The molecule has 1 unspecified atom stereocenters. The van der Waals surface area contributed by atoms with Gasteiger partial charge in [0.25, 0.3) is 5.91 Å². The van der Waals surface area contributed by atoms with Gasteiger partial charge >= 0.3 is 0 Å². The number of morpholine rings is 1. The summed E-state index contributed by atoms with van der Waals surface area (Å²) in [6, 6.07) is 3.69. The lowest BCUT2D eigenvalue weighted by Gasteiger charge is -2.23. The summed E-state index contributed by atoms with van der Waals surface area (Å²) in [6.07, 6.45) is 3.20. The van der Waals surface area contributed by atoms with Crippen molar-refractivity contribution in [2.75, 3.05) is 26.3 Å². The van der Waals surface area contributed by atoms with Gasteiger partial charge in [0.1, 0.15) is 0 Å². The minimum Gasteiger partial charge on any atom is -0.378 e. The number of nitrogens with zero attached hydrogens (tertiary/aromatic N) is 1. The summed E-state index contributed by atoms with van der Waals surface area (Å²) in [5.74, 6) is -0.0968. The normalized spacial score (nSPS) is 20.4. The number of hydrogen-bond acceptors (Lipinski definition) is 4. The van der Waals surface area contributed by atoms with Crippen molar-refractivity contribution in [2.45, 2.75) is 6.04 Å². The van der Waals surface area contributed by atoms with E-state index in [9.17, 15) is 4.79 Å². The van der Waals surface area contributed by atoms with Gasteiger partial charge in [-0.15, -0.1) is 0 Å². The molecular weight excluding hydrogens is 206 g/mol. The summed E-state index contributed by atoms with van der Waals surface area (Å²) in [4.78, 5) is 15.6. The molecule has 0 saturated carbocycles. The smallest absolute Gasteiger partial charge is 0.252 e. The Morgan fingerprint density at radius 1 is 1.69 bits per heavy atom. The standard InChI is InChI=1S/C11H15N3O2/c15-11(9-2-1-3-12-6-9)14-7-10-8-16-5-4-13-10/h1-3,6,10,13H,4-5,7-8H2,(H,14,15). The third-order valence-electron chi connectivity index (χ3n) is 2.43. The Labute approximate surface area is 94.2 Å². The number of hydrogen-bond donors (Lipinski definition) is 2. The SMILES string of the molecule is O=C(NCC1COCCN1)c1cccnc1. The summed E-state index contributed by atoms with van der Waals surface area (Å²) in [6.45, 7) is 2.81. The van der Waals surface area contributed by atoms with Gasteiger partial charge in [-0.25, -0.2) is 0 Å². The molecular formula is C11H15N3O2. The topological polar surface area (TPSA) is 63.2 Å². The van der Waals surface area contributed by atoms with Crippen LogP contribution in [0.5, 0.6) is 0 Å². The second-order valence-electron chi connectivity index (χ2n) is 3.68. The van der Waals surface area contributed by atoms with Crippen LogP contribution in [0.15, 0.2) is 24.5 Å². The van der Waals surface area contributed by atoms with Gasteiger partial charge < -0.3 is 15.4 Å². The average Bonchev–Trinajstić information content (AvgIpc) is 2.38. The number of pyridine rings is 1. The molecule has 1 aromatic rings. The molecule has 1 aromatic heterocycles. The molecule has 0 aromatic carbocycles. The summed E-state index contributed by atoms with van der Waals surface area (Å²) >= 11 is 0. The first-order chi connectivity index (χ1) is 7.86. The van der Waals surface area contributed by atoms with Gasteiger partial charge in [-0.1, -0.05) is 0 Å². The fraction of sp³-hybridized carbons (Fsp3) is 0.455. The molecule has 1 aliphatic rings. The Morgan fingerprint density at radius 2 is 2.62 bits per heavy atom. The average molecular weight is 221 g/mol. The largest absolute Gasteiger partial charge is 0.378 e. The van der Waals surface area contributed by atoms with E-state index in [1.807, 2.05) is 0 Å². The number of carbonyl (C=O) groups excluding carboxylic acids is 1. The highest BCUT2D eigenvalue weighted by Gasteiger charge is 2.14. The van der Waals surface area contributed by atoms with Crippen LogP contribution in [0.4, 0.5) is 0 Å². The predicted molar refractivity (Wildman–Crippen MR) is 59.2 cm³/mol. The number of aromatic nitrogens is 1. The second kappa shape index (κ2) is 5.58. The molecule has 2 heterocycles. The number of nitrogens with one attached hydrogen (secondary N) is 2. The van der Waals surface area contributed by atoms with E-state index in [1.54, 1.807) is 24.5 Å². The van der Waals surface area contributed by atoms with Gasteiger partial charge in [0, 0.05) is 31.5 Å². The monoisotopic (exact) mass is 221 g/mol. The van der Waals surface area contributed by atoms with Crippen LogP contribution in [0, 0.1) is 0 Å². The molecule has 1 aliphatic heterocycles. The second-order valence-corrected chi connectivity index (χ2v) is 3.68. The Kier molecular flexibility index (Phi) is 3.85. The van der Waals surface area contributed by atoms with Crippen molar-refractivity contribution in [3.8, 4) is 0 Å². The van der Waals surface area contributed by atoms with Crippen LogP contribution in [0.25, 0.3) is 0 Å². The van der Waals surface area contributed by atoms with E-state index in [1.165, 1.54) is 0 Å². The summed E-state index contributed by atoms with van der Waals surface area (Å²) < 4.78 is 5.29. The maximum Gasteiger partial charge on any atom is 0.252 e. The van der Waals surface area contributed by atoms with E-state index >= 15 is 0 Å². The molecule has 16 heavy (non-hydrogen) atoms. The zero-order valence-corrected chi connectivity index (χ0v) is 8.98. The van der Waals surface area contributed by atoms with Crippen LogP contribution in [-0.2, 0) is 4.74 Å². The van der Waals surface area contributed by atoms with Gasteiger partial charge in [-0.2, -0.15) is 0 Å². The van der Waals surface area contributed by atoms with Gasteiger partial charge in [-0.3, -0.25) is 9.78 Å². The minimum atomic E-state index is -0.0968. The van der Waals surface area contributed by atoms with Crippen LogP contribution in [0.2, 0.25) is 0 Å². The molecule has 0 aliphatic carbocycles. The highest BCUT2D eigenvalue weighted by molar-refractivity contribution is 5.93. The summed E-state index contributed by atoms with van der Waals surface area (Å²) in [7, 11) is 0. The predicted octanol–water partition coefficient (Wildman–Crippen LogP) is -0.200. The fourth-order valence-electron chi connectivity index (χ4n) is 1.57. The quantitative estimate of drug-likeness (QED) is 0.742. The van der Waals surface area contributed by atoms with E-state index in [0.717, 1.165) is 13.2 Å². The summed E-state index contributed by atoms with van der Waals surface area (Å²) in [5, 5.41) is 6.12. The van der Waals surface area contributed by atoms with Gasteiger partial charge in [-0.05, 0) is 12.1 Å². The maximum absolute atomic E-state index is 11.7. The first kappa shape index (κ1) is 11.0. The highest BCUT2D eigenvalue weighted by Crippen LogP contribution is 1.96. The van der Waals surface area contributed by atoms with Crippen molar-refractivity contribution in [3.05, 3.63) is 30.1 Å². The molecule has 0 spiro atoms. The minimum absolute atomic E-state index is 0.0968. The zero-order chi connectivity index (χ0) is 11.2. The Hall–Kier alpha value is -1.46. The third kappa shape index (κ3) is 3.01. The van der Waals surface area contributed by atoms with Crippen molar-refractivity contribution < 1.29 is 9.53 Å². The first-order valence-electron chi connectivity index (χ1n) is 5.35. The van der Waals surface area contributed by atoms with Crippen molar-refractivity contribution in [1.82, 2.24) is 15.6 Å². The number of ether oxygens (including phenoxy) is 1. The summed E-state index contributed by atoms with van der Waals surface area (Å²) in [5.41, 5.74) is 0.583. The Morgan fingerprint density at radius 3 is 3.31 bits per heavy atom. The van der Waals surface area contributed by atoms with Gasteiger partial charge in [0.05, 0.1) is 18.8 Å². The molecule has 5 nitrogen and oxygen atoms in total. The van der Waals surface area contributed by atoms with Gasteiger partial charge in [0.15, 0.2) is 0 Å². The van der Waals surface area contributed by atoms with E-state index < -0.39 is 0 Å². The number of carbonyl (C=O) groups is 1. The highest BCUT2D eigenvalue weighted by atomic mass is 16.5. The van der Waals surface area contributed by atoms with Gasteiger partial charge in [0.2, 0.25) is 0 Å². The van der Waals surface area contributed by atoms with Crippen LogP contribution >= 0.6 is 0 Å². The molecule has 1 atom stereocenters. The van der Waals surface area contributed by atoms with Crippen LogP contribution < -0.4 is 10.6 Å². The molecule has 0 radical (unpaired) electrons. The van der Waals surface area contributed by atoms with E-state index in [4.69, 9.17) is 4.74 Å². The molecule has 0 bridgehead atoms. The molecule has 1 amide bonds. The Balaban J connectivity index is 1.79. The molecule has 86 valence electrons. The third-order valence-corrected chi connectivity index (χ3v) is 2.43. The van der Waals surface area contributed by atoms with Crippen molar-refractivity contribution >= 4 is 5.91 Å². The lowest BCUT2D eigenvalue weighted by atomic mass is 10.2. The van der Waals surface area contributed by atoms with E-state index in [2.05, 4.69) is 15.6 Å². The molecule has 5 heteroatoms. The lowest BCUT2D eigenvalue weighted by Crippen LogP contribution is -2.48. The molecule has 2 rings (SSSR count). The van der Waals surface area contributed by atoms with E-state index in [-0.39, 0.29) is 11.9 Å². The van der Waals surface area contributed by atoms with E-state index in [0.29, 0.717) is 18.7 Å². The van der Waals surface area contributed by atoms with Crippen LogP contribution in [0.1, 0.15) is 10.4 Å². The lowest BCUT2D eigenvalue weighted by molar-refractivity contribution is 0.0734. The fourth-order valence-corrected chi connectivity index (χ4v) is 1.57. The van der Waals surface area contributed by atoms with Crippen molar-refractivity contribution in [1.29, 1.82) is 0 Å². The van der Waals surface area contributed by atoms with Crippen molar-refractivity contribution in [3.63, 3.8) is 0 Å². The first-order valence-corrected chi connectivity index (χ1v) is 5.35. The van der Waals surface area contributed by atoms with Crippen molar-refractivity contribution in [2.24, 2.45) is 0 Å². The van der Waals surface area contributed by atoms with Crippen LogP contribution in [-0.4, -0.2) is 43.2 Å². The number of rotatable bonds is 3. The molecule has 2 N–H and O–H groups in total.